The van der Waals surface area contributed by atoms with Crippen LogP contribution in [0.4, 0.5) is 47.6 Å². The van der Waals surface area contributed by atoms with E-state index in [-0.39, 0.29) is 97.3 Å². The molecule has 4 aromatic carbocycles. The van der Waals surface area contributed by atoms with Crippen molar-refractivity contribution >= 4 is 47.6 Å². The number of anilines is 8. The molecule has 67 heavy (non-hydrogen) atoms. The summed E-state index contributed by atoms with van der Waals surface area (Å²) in [5.41, 5.74) is 51.5. The van der Waals surface area contributed by atoms with Crippen LogP contribution in [0.5, 0.6) is 0 Å². The van der Waals surface area contributed by atoms with Gasteiger partial charge in [-0.3, -0.25) is 0 Å². The Bertz CT molecular complexity index is 2710. The number of hydrogen-bond acceptors (Lipinski definition) is 24. The van der Waals surface area contributed by atoms with Gasteiger partial charge in [0.25, 0.3) is 0 Å². The highest BCUT2D eigenvalue weighted by Crippen LogP contribution is 2.49. The molecule has 4 aromatic heterocycles. The third-order valence-electron chi connectivity index (χ3n) is 11.0. The van der Waals surface area contributed by atoms with Gasteiger partial charge < -0.3 is 64.8 Å². The van der Waals surface area contributed by atoms with Gasteiger partial charge in [0.1, 0.15) is 0 Å². The van der Waals surface area contributed by atoms with E-state index in [9.17, 15) is 0 Å². The Morgan fingerprint density at radius 2 is 0.507 bits per heavy atom. The molecule has 2 saturated heterocycles. The van der Waals surface area contributed by atoms with Crippen molar-refractivity contribution in [3.05, 3.63) is 119 Å². The molecule has 2 aliphatic heterocycles. The Morgan fingerprint density at radius 3 is 0.716 bits per heavy atom. The lowest BCUT2D eigenvalue weighted by molar-refractivity contribution is -0.357. The monoisotopic (exact) mass is 900 g/mol. The maximum absolute atomic E-state index is 7.01. The van der Waals surface area contributed by atoms with Crippen LogP contribution in [0.2, 0.25) is 0 Å². The maximum atomic E-state index is 7.01. The molecule has 24 nitrogen and oxygen atoms in total. The molecule has 0 bridgehead atoms. The van der Waals surface area contributed by atoms with Crippen LogP contribution in [0.3, 0.4) is 0 Å². The lowest BCUT2D eigenvalue weighted by Gasteiger charge is -2.51. The molecule has 10 rings (SSSR count). The number of aromatic nitrogens is 12. The number of rotatable bonds is 8. The molecular formula is C43H40N20O4. The van der Waals surface area contributed by atoms with E-state index >= 15 is 0 Å². The van der Waals surface area contributed by atoms with E-state index < -0.39 is 17.0 Å². The molecule has 16 N–H and O–H groups in total. The molecule has 0 unspecified atom stereocenters. The minimum atomic E-state index is -1.54. The molecule has 336 valence electrons. The molecule has 0 atom stereocenters. The molecule has 1 spiro atoms. The predicted molar refractivity (Wildman–Crippen MR) is 244 cm³/mol. The normalized spacial score (nSPS) is 16.1. The van der Waals surface area contributed by atoms with E-state index in [1.165, 1.54) is 0 Å². The number of hydrogen-bond donors (Lipinski definition) is 8. The van der Waals surface area contributed by atoms with E-state index in [0.29, 0.717) is 44.5 Å². The first-order valence-electron chi connectivity index (χ1n) is 20.3. The lowest BCUT2D eigenvalue weighted by Crippen LogP contribution is -2.57. The minimum Gasteiger partial charge on any atom is -0.368 e. The Hall–Kier alpha value is -8.84. The molecule has 2 fully saturated rings. The van der Waals surface area contributed by atoms with Crippen LogP contribution in [0.1, 0.15) is 22.3 Å². The van der Waals surface area contributed by atoms with Crippen LogP contribution in [-0.2, 0) is 30.5 Å². The highest BCUT2D eigenvalue weighted by Gasteiger charge is 2.53. The molecular weight excluding hydrogens is 861 g/mol. The van der Waals surface area contributed by atoms with Crippen molar-refractivity contribution in [2.45, 2.75) is 11.6 Å². The number of nitrogens with zero attached hydrogens (tertiary/aromatic N) is 12. The van der Waals surface area contributed by atoms with Gasteiger partial charge in [0.2, 0.25) is 59.2 Å². The van der Waals surface area contributed by atoms with Crippen LogP contribution in [-0.4, -0.2) is 86.2 Å². The number of benzene rings is 4. The van der Waals surface area contributed by atoms with Crippen molar-refractivity contribution < 1.29 is 18.9 Å². The molecule has 0 aliphatic carbocycles. The van der Waals surface area contributed by atoms with E-state index in [1.807, 2.05) is 97.1 Å². The van der Waals surface area contributed by atoms with E-state index in [2.05, 4.69) is 59.8 Å². The Balaban J connectivity index is 1.03. The van der Waals surface area contributed by atoms with Gasteiger partial charge in [0.05, 0.1) is 31.8 Å². The standard InChI is InChI=1S/C43H40N20O4/c44-33-52-29(53-34(45)60-33)21-5-1-9-25(13-21)42(26-10-2-6-22(14-26)30-54-35(46)61-36(47)55-30)64-17-41(18-65-42)19-66-43(67-20-41,27-11-3-7-23(15-27)31-56-37(48)62-38(49)57-31)28-12-4-8-24(16-28)32-58-39(50)63-40(51)59-32/h1-16H,17-20H2,(H4,44,45,52,53,60)(H4,46,47,54,55,61)(H4,48,49,56,57,62)(H4,50,51,58,59,63). The van der Waals surface area contributed by atoms with Crippen molar-refractivity contribution in [1.29, 1.82) is 0 Å². The number of ether oxygens (including phenoxy) is 4. The fourth-order valence-corrected chi connectivity index (χ4v) is 7.96. The number of nitrogen functional groups attached to an aromatic ring is 8. The SMILES string of the molecule is Nc1nc(N)nc(-c2cccc(C3(c4cccc(-c5nc(N)nc(N)n5)c4)OCC4(CO3)COC(c3cccc(-c5nc(N)nc(N)n5)c3)(c3cccc(-c5nc(N)nc(N)n5)c3)OC4)c2)n1. The van der Waals surface area contributed by atoms with Gasteiger partial charge in [-0.15, -0.1) is 0 Å². The summed E-state index contributed by atoms with van der Waals surface area (Å²) in [6, 6.07) is 29.3. The molecule has 0 amide bonds. The third-order valence-corrected chi connectivity index (χ3v) is 11.0. The fourth-order valence-electron chi connectivity index (χ4n) is 7.96. The van der Waals surface area contributed by atoms with Crippen LogP contribution < -0.4 is 45.9 Å². The molecule has 0 radical (unpaired) electrons. The smallest absolute Gasteiger partial charge is 0.225 e. The highest BCUT2D eigenvalue weighted by atomic mass is 16.7. The zero-order valence-corrected chi connectivity index (χ0v) is 35.2. The summed E-state index contributed by atoms with van der Waals surface area (Å²) in [5.74, 6) is -2.36. The second kappa shape index (κ2) is 16.3. The van der Waals surface area contributed by atoms with E-state index in [0.717, 1.165) is 0 Å². The number of nitrogens with two attached hydrogens (primary N) is 8. The summed E-state index contributed by atoms with van der Waals surface area (Å²) >= 11 is 0. The fraction of sp³-hybridized carbons (Fsp3) is 0.163. The van der Waals surface area contributed by atoms with Crippen LogP contribution in [0.15, 0.2) is 97.1 Å². The summed E-state index contributed by atoms with van der Waals surface area (Å²) in [4.78, 5) is 50.3. The average molecular weight is 901 g/mol. The average Bonchev–Trinajstić information content (AvgIpc) is 3.31. The Labute approximate surface area is 379 Å². The second-order valence-corrected chi connectivity index (χ2v) is 15.7. The summed E-state index contributed by atoms with van der Waals surface area (Å²) in [6.07, 6.45) is 0. The first-order chi connectivity index (χ1) is 32.3. The van der Waals surface area contributed by atoms with Gasteiger partial charge in [-0.2, -0.15) is 59.8 Å². The zero-order valence-electron chi connectivity index (χ0n) is 35.2. The van der Waals surface area contributed by atoms with Crippen LogP contribution in [0, 0.1) is 5.41 Å². The van der Waals surface area contributed by atoms with E-state index in [1.54, 1.807) is 0 Å². The van der Waals surface area contributed by atoms with Crippen LogP contribution in [0.25, 0.3) is 45.6 Å². The van der Waals surface area contributed by atoms with Crippen molar-refractivity contribution in [3.8, 4) is 45.6 Å². The molecule has 8 aromatic rings. The summed E-state index contributed by atoms with van der Waals surface area (Å²) in [5, 5.41) is 0. The molecule has 2 aliphatic rings. The van der Waals surface area contributed by atoms with Gasteiger partial charge in [0, 0.05) is 44.5 Å². The van der Waals surface area contributed by atoms with Crippen molar-refractivity contribution in [3.63, 3.8) is 0 Å². The Morgan fingerprint density at radius 1 is 0.299 bits per heavy atom. The summed E-state index contributed by atoms with van der Waals surface area (Å²) in [6.45, 7) is 0.340. The zero-order chi connectivity index (χ0) is 46.5. The van der Waals surface area contributed by atoms with Crippen molar-refractivity contribution in [2.75, 3.05) is 72.3 Å². The topological polar surface area (TPSA) is 400 Å². The van der Waals surface area contributed by atoms with E-state index in [4.69, 9.17) is 64.8 Å². The first kappa shape index (κ1) is 42.1. The molecule has 24 heteroatoms. The van der Waals surface area contributed by atoms with Crippen molar-refractivity contribution in [1.82, 2.24) is 59.8 Å². The van der Waals surface area contributed by atoms with Gasteiger partial charge >= 0.3 is 0 Å². The van der Waals surface area contributed by atoms with Gasteiger partial charge in [-0.25, -0.2) is 0 Å². The second-order valence-electron chi connectivity index (χ2n) is 15.7. The quantitative estimate of drug-likeness (QED) is 0.108. The van der Waals surface area contributed by atoms with Gasteiger partial charge in [-0.05, 0) is 24.3 Å². The summed E-state index contributed by atoms with van der Waals surface area (Å²) in [7, 11) is 0. The summed E-state index contributed by atoms with van der Waals surface area (Å²) < 4.78 is 28.0. The van der Waals surface area contributed by atoms with Crippen LogP contribution >= 0.6 is 0 Å². The maximum Gasteiger partial charge on any atom is 0.225 e. The lowest BCUT2D eigenvalue weighted by atomic mass is 9.85. The highest BCUT2D eigenvalue weighted by molar-refractivity contribution is 5.64. The predicted octanol–water partition coefficient (Wildman–Crippen LogP) is 1.93. The molecule has 6 heterocycles. The largest absolute Gasteiger partial charge is 0.368 e. The van der Waals surface area contributed by atoms with Crippen molar-refractivity contribution in [2.24, 2.45) is 5.41 Å². The van der Waals surface area contributed by atoms with Gasteiger partial charge in [0.15, 0.2) is 23.3 Å². The third kappa shape index (κ3) is 8.03. The Kier molecular flexibility index (Phi) is 10.3. The minimum absolute atomic E-state index is 0.0367. The first-order valence-corrected chi connectivity index (χ1v) is 20.3. The molecule has 0 saturated carbocycles. The van der Waals surface area contributed by atoms with Gasteiger partial charge in [-0.1, -0.05) is 72.8 Å².